The number of phenolic OH excluding ortho intramolecular Hbond substituents is 1. The van der Waals surface area contributed by atoms with Gasteiger partial charge < -0.3 is 15.6 Å². The molecule has 0 aliphatic carbocycles. The third kappa shape index (κ3) is 2.04. The molecule has 0 saturated heterocycles. The van der Waals surface area contributed by atoms with Crippen molar-refractivity contribution < 1.29 is 14.2 Å². The molecular weight excluding hydrogens is 197 g/mol. The summed E-state index contributed by atoms with van der Waals surface area (Å²) < 4.78 is 18.6. The van der Waals surface area contributed by atoms with Crippen molar-refractivity contribution in [1.29, 1.82) is 0 Å². The van der Waals surface area contributed by atoms with Gasteiger partial charge in [0, 0.05) is 0 Å². The minimum Gasteiger partial charge on any atom is -0.502 e. The third-order valence-corrected chi connectivity index (χ3v) is 2.50. The van der Waals surface area contributed by atoms with Gasteiger partial charge in [-0.05, 0) is 36.6 Å². The summed E-state index contributed by atoms with van der Waals surface area (Å²) in [7, 11) is 1.40. The monoisotopic (exact) mass is 213 g/mol. The normalized spacial score (nSPS) is 12.6. The Morgan fingerprint density at radius 1 is 1.60 bits per heavy atom. The fraction of sp³-hybridized carbons (Fsp3) is 0.455. The molecule has 1 aromatic carbocycles. The number of methoxy groups -OCH3 is 1. The fourth-order valence-corrected chi connectivity index (χ4v) is 1.53. The molecule has 1 unspecified atom stereocenters. The Morgan fingerprint density at radius 3 is 2.67 bits per heavy atom. The lowest BCUT2D eigenvalue weighted by atomic mass is 9.97. The number of hydrogen-bond donors (Lipinski definition) is 2. The van der Waals surface area contributed by atoms with E-state index in [0.717, 1.165) is 0 Å². The van der Waals surface area contributed by atoms with Gasteiger partial charge in [0.1, 0.15) is 0 Å². The smallest absolute Gasteiger partial charge is 0.194 e. The van der Waals surface area contributed by atoms with Crippen LogP contribution in [0, 0.1) is 12.7 Å². The highest BCUT2D eigenvalue weighted by molar-refractivity contribution is 5.50. The number of nitrogens with two attached hydrogens (primary N) is 1. The Bertz CT molecular complexity index is 366. The molecule has 3 nitrogen and oxygen atoms in total. The van der Waals surface area contributed by atoms with E-state index in [1.165, 1.54) is 7.11 Å². The number of hydrogen-bond acceptors (Lipinski definition) is 3. The number of aromatic hydroxyl groups is 1. The lowest BCUT2D eigenvalue weighted by molar-refractivity contribution is 0.352. The van der Waals surface area contributed by atoms with Gasteiger partial charge in [-0.3, -0.25) is 0 Å². The molecule has 4 heteroatoms. The summed E-state index contributed by atoms with van der Waals surface area (Å²) >= 11 is 0. The van der Waals surface area contributed by atoms with Crippen molar-refractivity contribution in [1.82, 2.24) is 0 Å². The van der Waals surface area contributed by atoms with E-state index in [2.05, 4.69) is 0 Å². The lowest BCUT2D eigenvalue weighted by Gasteiger charge is -2.15. The van der Waals surface area contributed by atoms with E-state index in [1.807, 2.05) is 6.92 Å². The molecule has 0 fully saturated rings. The van der Waals surface area contributed by atoms with Crippen LogP contribution in [-0.2, 0) is 0 Å². The second kappa shape index (κ2) is 4.49. The standard InChI is InChI=1S/C11H16FNO2/c1-6-4-8(7(2)5-13)9(12)10(14)11(6)15-3/h4,7,14H,5,13H2,1-3H3. The molecule has 1 aromatic rings. The highest BCUT2D eigenvalue weighted by Crippen LogP contribution is 2.36. The molecule has 0 aliphatic rings. The summed E-state index contributed by atoms with van der Waals surface area (Å²) in [5.74, 6) is -1.02. The van der Waals surface area contributed by atoms with Crippen LogP contribution in [0.5, 0.6) is 11.5 Å². The number of aryl methyl sites for hydroxylation is 1. The van der Waals surface area contributed by atoms with Crippen molar-refractivity contribution >= 4 is 0 Å². The van der Waals surface area contributed by atoms with Crippen molar-refractivity contribution in [2.45, 2.75) is 19.8 Å². The highest BCUT2D eigenvalue weighted by Gasteiger charge is 2.19. The summed E-state index contributed by atoms with van der Waals surface area (Å²) in [4.78, 5) is 0. The number of benzene rings is 1. The summed E-state index contributed by atoms with van der Waals surface area (Å²) in [5, 5.41) is 9.56. The summed E-state index contributed by atoms with van der Waals surface area (Å²) in [6.45, 7) is 3.90. The first-order valence-electron chi connectivity index (χ1n) is 4.78. The van der Waals surface area contributed by atoms with Gasteiger partial charge in [0.2, 0.25) is 0 Å². The number of ether oxygens (including phenoxy) is 1. The van der Waals surface area contributed by atoms with Crippen molar-refractivity contribution in [2.24, 2.45) is 5.73 Å². The molecule has 0 amide bonds. The molecule has 15 heavy (non-hydrogen) atoms. The molecule has 0 bridgehead atoms. The molecule has 1 atom stereocenters. The van der Waals surface area contributed by atoms with E-state index in [-0.39, 0.29) is 11.7 Å². The van der Waals surface area contributed by atoms with E-state index >= 15 is 0 Å². The minimum absolute atomic E-state index is 0.125. The Labute approximate surface area is 88.7 Å². The predicted molar refractivity (Wildman–Crippen MR) is 56.8 cm³/mol. The largest absolute Gasteiger partial charge is 0.502 e. The van der Waals surface area contributed by atoms with Crippen molar-refractivity contribution in [3.8, 4) is 11.5 Å². The van der Waals surface area contributed by atoms with Crippen LogP contribution in [0.3, 0.4) is 0 Å². The lowest BCUT2D eigenvalue weighted by Crippen LogP contribution is -2.11. The van der Waals surface area contributed by atoms with Crippen LogP contribution in [0.15, 0.2) is 6.07 Å². The third-order valence-electron chi connectivity index (χ3n) is 2.50. The van der Waals surface area contributed by atoms with E-state index in [9.17, 15) is 9.50 Å². The van der Waals surface area contributed by atoms with Crippen LogP contribution < -0.4 is 10.5 Å². The average molecular weight is 213 g/mol. The second-order valence-corrected chi connectivity index (χ2v) is 3.62. The second-order valence-electron chi connectivity index (χ2n) is 3.62. The first-order chi connectivity index (χ1) is 7.02. The molecular formula is C11H16FNO2. The summed E-state index contributed by atoms with van der Waals surface area (Å²) in [6.07, 6.45) is 0. The molecule has 0 aromatic heterocycles. The Kier molecular flexibility index (Phi) is 3.52. The van der Waals surface area contributed by atoms with Crippen molar-refractivity contribution in [3.63, 3.8) is 0 Å². The zero-order valence-corrected chi connectivity index (χ0v) is 9.17. The molecule has 0 aliphatic heterocycles. The fourth-order valence-electron chi connectivity index (χ4n) is 1.53. The molecule has 0 radical (unpaired) electrons. The number of phenols is 1. The van der Waals surface area contributed by atoms with Crippen LogP contribution in [0.4, 0.5) is 4.39 Å². The van der Waals surface area contributed by atoms with Crippen LogP contribution in [0.2, 0.25) is 0 Å². The summed E-state index contributed by atoms with van der Waals surface area (Å²) in [6, 6.07) is 1.66. The highest BCUT2D eigenvalue weighted by atomic mass is 19.1. The van der Waals surface area contributed by atoms with Crippen LogP contribution in [-0.4, -0.2) is 18.8 Å². The molecule has 1 rings (SSSR count). The van der Waals surface area contributed by atoms with E-state index in [1.54, 1.807) is 13.0 Å². The minimum atomic E-state index is -0.643. The van der Waals surface area contributed by atoms with Crippen molar-refractivity contribution in [2.75, 3.05) is 13.7 Å². The van der Waals surface area contributed by atoms with Crippen molar-refractivity contribution in [3.05, 3.63) is 23.0 Å². The predicted octanol–water partition coefficient (Wildman–Crippen LogP) is 1.91. The van der Waals surface area contributed by atoms with Crippen LogP contribution in [0.25, 0.3) is 0 Å². The molecule has 0 heterocycles. The zero-order chi connectivity index (χ0) is 11.6. The quantitative estimate of drug-likeness (QED) is 0.806. The van der Waals surface area contributed by atoms with E-state index in [0.29, 0.717) is 17.7 Å². The topological polar surface area (TPSA) is 55.5 Å². The molecule has 0 saturated carbocycles. The van der Waals surface area contributed by atoms with Crippen LogP contribution >= 0.6 is 0 Å². The number of halogens is 1. The Balaban J connectivity index is 3.33. The van der Waals surface area contributed by atoms with Gasteiger partial charge in [-0.2, -0.15) is 0 Å². The first kappa shape index (κ1) is 11.8. The molecule has 84 valence electrons. The average Bonchev–Trinajstić information content (AvgIpc) is 2.23. The van der Waals surface area contributed by atoms with Gasteiger partial charge in [0.25, 0.3) is 0 Å². The van der Waals surface area contributed by atoms with Gasteiger partial charge in [-0.1, -0.05) is 6.92 Å². The van der Waals surface area contributed by atoms with Gasteiger partial charge in [0.15, 0.2) is 17.3 Å². The van der Waals surface area contributed by atoms with Gasteiger partial charge in [0.05, 0.1) is 7.11 Å². The van der Waals surface area contributed by atoms with E-state index < -0.39 is 11.6 Å². The Morgan fingerprint density at radius 2 is 2.20 bits per heavy atom. The Hall–Kier alpha value is -1.29. The SMILES string of the molecule is COc1c(C)cc(C(C)CN)c(F)c1O. The van der Waals surface area contributed by atoms with Gasteiger partial charge >= 0.3 is 0 Å². The maximum atomic E-state index is 13.7. The summed E-state index contributed by atoms with van der Waals surface area (Å²) in [5.41, 5.74) is 6.59. The molecule has 3 N–H and O–H groups in total. The maximum Gasteiger partial charge on any atom is 0.194 e. The van der Waals surface area contributed by atoms with Gasteiger partial charge in [-0.15, -0.1) is 0 Å². The molecule has 0 spiro atoms. The van der Waals surface area contributed by atoms with Gasteiger partial charge in [-0.25, -0.2) is 4.39 Å². The van der Waals surface area contributed by atoms with Crippen LogP contribution in [0.1, 0.15) is 24.0 Å². The maximum absolute atomic E-state index is 13.7. The zero-order valence-electron chi connectivity index (χ0n) is 9.17. The number of rotatable bonds is 3. The van der Waals surface area contributed by atoms with E-state index in [4.69, 9.17) is 10.5 Å². The first-order valence-corrected chi connectivity index (χ1v) is 4.78.